The molecule has 0 amide bonds. The molecule has 0 aliphatic heterocycles. The second-order valence-electron chi connectivity index (χ2n) is 8.45. The van der Waals surface area contributed by atoms with Crippen LogP contribution >= 0.6 is 0 Å². The maximum Gasteiger partial charge on any atom is 0.183 e. The molecule has 3 aromatic heterocycles. The second-order valence-corrected chi connectivity index (χ2v) is 8.45. The highest BCUT2D eigenvalue weighted by atomic mass is 16.5. The summed E-state index contributed by atoms with van der Waals surface area (Å²) >= 11 is 0. The summed E-state index contributed by atoms with van der Waals surface area (Å²) in [6.07, 6.45) is 4.20. The van der Waals surface area contributed by atoms with Crippen molar-refractivity contribution in [2.75, 3.05) is 21.3 Å². The number of hydrogen-bond acceptors (Lipinski definition) is 6. The molecule has 2 aromatic carbocycles. The lowest BCUT2D eigenvalue weighted by molar-refractivity contribution is 0.0171. The summed E-state index contributed by atoms with van der Waals surface area (Å²) in [6, 6.07) is 15.6. The van der Waals surface area contributed by atoms with Crippen molar-refractivity contribution < 1.29 is 27.5 Å². The fourth-order valence-corrected chi connectivity index (χ4v) is 5.05. The number of methoxy groups -OCH3 is 3. The molecule has 0 bridgehead atoms. The quantitative estimate of drug-likeness (QED) is 0.292. The minimum atomic E-state index is -1.05. The van der Waals surface area contributed by atoms with Crippen molar-refractivity contribution in [3.8, 4) is 11.5 Å². The van der Waals surface area contributed by atoms with Crippen LogP contribution in [-0.4, -0.2) is 21.3 Å². The van der Waals surface area contributed by atoms with Crippen LogP contribution in [0.4, 0.5) is 0 Å². The fourth-order valence-electron chi connectivity index (χ4n) is 5.05. The molecule has 6 nitrogen and oxygen atoms in total. The van der Waals surface area contributed by atoms with Crippen molar-refractivity contribution >= 4 is 33.6 Å². The predicted octanol–water partition coefficient (Wildman–Crippen LogP) is 6.74. The van der Waals surface area contributed by atoms with Crippen LogP contribution in [-0.2, 0) is 16.8 Å². The lowest BCUT2D eigenvalue weighted by Crippen LogP contribution is -2.35. The summed E-state index contributed by atoms with van der Waals surface area (Å²) in [5, 5.41) is 1.76. The maximum absolute atomic E-state index is 6.45. The largest absolute Gasteiger partial charge is 0.492 e. The SMILES string of the molecule is COc1c(C2=Cc3occ(C)c3CC2(OC)c2oc3ccccc3c2OC)oc2ccccc12. The van der Waals surface area contributed by atoms with E-state index in [9.17, 15) is 0 Å². The monoisotopic (exact) mass is 456 g/mol. The summed E-state index contributed by atoms with van der Waals surface area (Å²) in [5.74, 6) is 3.15. The Morgan fingerprint density at radius 1 is 0.824 bits per heavy atom. The number of fused-ring (bicyclic) bond motifs is 3. The first kappa shape index (κ1) is 20.7. The number of benzene rings is 2. The summed E-state index contributed by atoms with van der Waals surface area (Å²) in [7, 11) is 4.96. The van der Waals surface area contributed by atoms with Crippen molar-refractivity contribution in [1.82, 2.24) is 0 Å². The first-order valence-corrected chi connectivity index (χ1v) is 11.1. The van der Waals surface area contributed by atoms with Crippen molar-refractivity contribution in [2.45, 2.75) is 18.9 Å². The summed E-state index contributed by atoms with van der Waals surface area (Å²) in [5.41, 5.74) is 3.21. The van der Waals surface area contributed by atoms with E-state index in [4.69, 9.17) is 27.5 Å². The highest BCUT2D eigenvalue weighted by molar-refractivity contribution is 5.97. The molecule has 0 saturated heterocycles. The summed E-state index contributed by atoms with van der Waals surface area (Å²) in [4.78, 5) is 0. The number of furan rings is 3. The van der Waals surface area contributed by atoms with Gasteiger partial charge >= 0.3 is 0 Å². The van der Waals surface area contributed by atoms with Crippen molar-refractivity contribution in [3.05, 3.63) is 83.2 Å². The van der Waals surface area contributed by atoms with Crippen molar-refractivity contribution in [3.63, 3.8) is 0 Å². The molecule has 5 aromatic rings. The van der Waals surface area contributed by atoms with E-state index in [1.165, 1.54) is 0 Å². The molecule has 0 radical (unpaired) electrons. The third kappa shape index (κ3) is 2.72. The van der Waals surface area contributed by atoms with E-state index in [0.29, 0.717) is 29.4 Å². The Hall–Kier alpha value is -3.90. The predicted molar refractivity (Wildman–Crippen MR) is 129 cm³/mol. The first-order valence-electron chi connectivity index (χ1n) is 11.1. The van der Waals surface area contributed by atoms with Gasteiger partial charge in [-0.15, -0.1) is 0 Å². The Balaban J connectivity index is 1.70. The van der Waals surface area contributed by atoms with E-state index in [1.807, 2.05) is 61.5 Å². The number of rotatable bonds is 5. The van der Waals surface area contributed by atoms with Crippen LogP contribution < -0.4 is 9.47 Å². The number of para-hydroxylation sites is 2. The number of aryl methyl sites for hydroxylation is 1. The molecule has 1 aliphatic rings. The molecule has 1 unspecified atom stereocenters. The zero-order chi connectivity index (χ0) is 23.4. The van der Waals surface area contributed by atoms with Gasteiger partial charge in [0, 0.05) is 24.7 Å². The van der Waals surface area contributed by atoms with Crippen LogP contribution in [0.1, 0.15) is 28.4 Å². The van der Waals surface area contributed by atoms with E-state index in [1.54, 1.807) is 27.6 Å². The van der Waals surface area contributed by atoms with Crippen LogP contribution in [0.15, 0.2) is 68.0 Å². The van der Waals surface area contributed by atoms with Crippen LogP contribution in [0.5, 0.6) is 11.5 Å². The standard InChI is InChI=1S/C28H24O6/c1-16-15-32-23-13-20(26-24(29-2)17-9-5-7-11-21(17)33-26)28(31-4,14-19(16)23)27-25(30-3)18-10-6-8-12-22(18)34-27/h5-13,15H,14H2,1-4H3. The third-order valence-electron chi connectivity index (χ3n) is 6.74. The highest BCUT2D eigenvalue weighted by Gasteiger charge is 2.49. The van der Waals surface area contributed by atoms with Gasteiger partial charge in [0.25, 0.3) is 0 Å². The van der Waals surface area contributed by atoms with Gasteiger partial charge in [-0.25, -0.2) is 0 Å². The normalized spacial score (nSPS) is 17.7. The van der Waals surface area contributed by atoms with Gasteiger partial charge < -0.3 is 27.5 Å². The van der Waals surface area contributed by atoms with Gasteiger partial charge in [0.05, 0.1) is 31.3 Å². The summed E-state index contributed by atoms with van der Waals surface area (Å²) in [6.45, 7) is 2.03. The lowest BCUT2D eigenvalue weighted by Gasteiger charge is -2.35. The molecule has 6 heteroatoms. The average Bonchev–Trinajstić information content (AvgIpc) is 3.55. The number of ether oxygens (including phenoxy) is 3. The molecule has 6 rings (SSSR count). The van der Waals surface area contributed by atoms with E-state index in [2.05, 4.69) is 0 Å². The Bertz CT molecular complexity index is 1560. The molecule has 3 heterocycles. The van der Waals surface area contributed by atoms with Gasteiger partial charge in [0.2, 0.25) is 0 Å². The molecule has 0 saturated carbocycles. The van der Waals surface area contributed by atoms with Gasteiger partial charge in [-0.05, 0) is 42.8 Å². The molecular formula is C28H24O6. The van der Waals surface area contributed by atoms with Crippen LogP contribution in [0.3, 0.4) is 0 Å². The van der Waals surface area contributed by atoms with E-state index in [0.717, 1.165) is 44.4 Å². The second kappa shape index (κ2) is 7.57. The van der Waals surface area contributed by atoms with Crippen molar-refractivity contribution in [1.29, 1.82) is 0 Å². The molecule has 0 N–H and O–H groups in total. The minimum absolute atomic E-state index is 0.476. The van der Waals surface area contributed by atoms with Crippen LogP contribution in [0, 0.1) is 6.92 Å². The van der Waals surface area contributed by atoms with Gasteiger partial charge in [-0.1, -0.05) is 24.3 Å². The minimum Gasteiger partial charge on any atom is -0.492 e. The van der Waals surface area contributed by atoms with Gasteiger partial charge in [0.1, 0.15) is 16.9 Å². The zero-order valence-electron chi connectivity index (χ0n) is 19.4. The summed E-state index contributed by atoms with van der Waals surface area (Å²) < 4.78 is 36.9. The third-order valence-corrected chi connectivity index (χ3v) is 6.74. The molecule has 1 aliphatic carbocycles. The zero-order valence-corrected chi connectivity index (χ0v) is 19.4. The molecule has 0 spiro atoms. The Morgan fingerprint density at radius 2 is 1.47 bits per heavy atom. The fraction of sp³-hybridized carbons (Fsp3) is 0.214. The van der Waals surface area contributed by atoms with Gasteiger partial charge in [-0.2, -0.15) is 0 Å². The first-order chi connectivity index (χ1) is 16.6. The Labute approximate surface area is 196 Å². The molecular weight excluding hydrogens is 432 g/mol. The van der Waals surface area contributed by atoms with Gasteiger partial charge in [0.15, 0.2) is 28.6 Å². The van der Waals surface area contributed by atoms with E-state index >= 15 is 0 Å². The smallest absolute Gasteiger partial charge is 0.183 e. The average molecular weight is 456 g/mol. The molecule has 172 valence electrons. The van der Waals surface area contributed by atoms with E-state index in [-0.39, 0.29) is 0 Å². The van der Waals surface area contributed by atoms with Crippen molar-refractivity contribution in [2.24, 2.45) is 0 Å². The molecule has 1 atom stereocenters. The Kier molecular flexibility index (Phi) is 4.61. The van der Waals surface area contributed by atoms with Crippen LogP contribution in [0.2, 0.25) is 0 Å². The van der Waals surface area contributed by atoms with E-state index < -0.39 is 5.60 Å². The highest BCUT2D eigenvalue weighted by Crippen LogP contribution is 2.55. The number of hydrogen-bond donors (Lipinski definition) is 0. The topological polar surface area (TPSA) is 67.1 Å². The lowest BCUT2D eigenvalue weighted by atomic mass is 9.77. The molecule has 34 heavy (non-hydrogen) atoms. The Morgan fingerprint density at radius 3 is 2.15 bits per heavy atom. The molecule has 0 fully saturated rings. The maximum atomic E-state index is 6.45. The van der Waals surface area contributed by atoms with Gasteiger partial charge in [-0.3, -0.25) is 0 Å². The van der Waals surface area contributed by atoms with Crippen LogP contribution in [0.25, 0.3) is 33.6 Å².